The number of benzene rings is 2. The van der Waals surface area contributed by atoms with Gasteiger partial charge >= 0.3 is 5.97 Å². The highest BCUT2D eigenvalue weighted by Gasteiger charge is 2.34. The van der Waals surface area contributed by atoms with Gasteiger partial charge in [-0.25, -0.2) is 13.2 Å². The minimum absolute atomic E-state index is 0.0938. The van der Waals surface area contributed by atoms with Gasteiger partial charge in [0.2, 0.25) is 0 Å². The molecular weight excluding hydrogens is 469 g/mol. The maximum atomic E-state index is 15.3. The zero-order valence-corrected chi connectivity index (χ0v) is 19.9. The summed E-state index contributed by atoms with van der Waals surface area (Å²) in [6.45, 7) is 1.16. The van der Waals surface area contributed by atoms with E-state index < -0.39 is 29.7 Å². The van der Waals surface area contributed by atoms with E-state index >= 15 is 4.39 Å². The van der Waals surface area contributed by atoms with Crippen molar-refractivity contribution in [3.8, 4) is 17.6 Å². The van der Waals surface area contributed by atoms with Gasteiger partial charge in [-0.3, -0.25) is 14.7 Å². The highest BCUT2D eigenvalue weighted by atomic mass is 19.1. The maximum Gasteiger partial charge on any atom is 0.308 e. The van der Waals surface area contributed by atoms with Crippen molar-refractivity contribution in [1.29, 1.82) is 0 Å². The molecule has 0 radical (unpaired) electrons. The summed E-state index contributed by atoms with van der Waals surface area (Å²) in [4.78, 5) is 18.2. The van der Waals surface area contributed by atoms with E-state index in [2.05, 4.69) is 16.8 Å². The first kappa shape index (κ1) is 25.5. The fourth-order valence-electron chi connectivity index (χ4n) is 4.74. The van der Waals surface area contributed by atoms with Crippen LogP contribution in [0, 0.1) is 35.3 Å². The molecule has 8 heteroatoms. The van der Waals surface area contributed by atoms with Crippen LogP contribution in [0.1, 0.15) is 36.6 Å². The Bertz CT molecular complexity index is 1300. The minimum Gasteiger partial charge on any atom is -0.497 e. The molecule has 0 bridgehead atoms. The summed E-state index contributed by atoms with van der Waals surface area (Å²) in [5.74, 6) is 3.01. The molecule has 0 saturated carbocycles. The van der Waals surface area contributed by atoms with E-state index in [1.54, 1.807) is 37.6 Å². The van der Waals surface area contributed by atoms with Gasteiger partial charge in [-0.05, 0) is 73.7 Å². The van der Waals surface area contributed by atoms with Crippen molar-refractivity contribution in [3.63, 3.8) is 0 Å². The van der Waals surface area contributed by atoms with Crippen molar-refractivity contribution in [1.82, 2.24) is 9.88 Å². The molecule has 36 heavy (non-hydrogen) atoms. The van der Waals surface area contributed by atoms with Crippen molar-refractivity contribution in [2.45, 2.75) is 25.4 Å². The lowest BCUT2D eigenvalue weighted by Crippen LogP contribution is -2.44. The van der Waals surface area contributed by atoms with Gasteiger partial charge in [-0.15, -0.1) is 0 Å². The van der Waals surface area contributed by atoms with E-state index in [0.717, 1.165) is 12.1 Å². The molecule has 1 aliphatic heterocycles. The van der Waals surface area contributed by atoms with Crippen LogP contribution in [0.15, 0.2) is 48.7 Å². The first-order valence-corrected chi connectivity index (χ1v) is 11.8. The van der Waals surface area contributed by atoms with Gasteiger partial charge < -0.3 is 9.84 Å². The number of carbonyl (C=O) groups is 1. The number of aromatic nitrogens is 1. The highest BCUT2D eigenvalue weighted by molar-refractivity contribution is 5.83. The molecule has 1 N–H and O–H groups in total. The number of hydrogen-bond donors (Lipinski definition) is 1. The molecule has 2 aromatic carbocycles. The Morgan fingerprint density at radius 2 is 2.08 bits per heavy atom. The molecule has 1 fully saturated rings. The lowest BCUT2D eigenvalue weighted by molar-refractivity contribution is -0.146. The van der Waals surface area contributed by atoms with E-state index in [-0.39, 0.29) is 31.0 Å². The molecule has 0 spiro atoms. The number of methoxy groups -OCH3 is 1. The third-order valence-electron chi connectivity index (χ3n) is 6.72. The van der Waals surface area contributed by atoms with Crippen molar-refractivity contribution >= 4 is 16.9 Å². The smallest absolute Gasteiger partial charge is 0.308 e. The van der Waals surface area contributed by atoms with Crippen LogP contribution in [-0.4, -0.2) is 47.7 Å². The van der Waals surface area contributed by atoms with E-state index in [1.807, 2.05) is 4.90 Å². The van der Waals surface area contributed by atoms with E-state index in [9.17, 15) is 18.7 Å². The highest BCUT2D eigenvalue weighted by Crippen LogP contribution is 2.35. The number of fused-ring (bicyclic) bond motifs is 1. The largest absolute Gasteiger partial charge is 0.497 e. The predicted molar refractivity (Wildman–Crippen MR) is 130 cm³/mol. The Balaban J connectivity index is 1.38. The molecule has 0 amide bonds. The maximum absolute atomic E-state index is 15.3. The number of carboxylic acid groups (broad SMARTS) is 1. The van der Waals surface area contributed by atoms with Gasteiger partial charge in [-0.1, -0.05) is 11.8 Å². The van der Waals surface area contributed by atoms with Crippen LogP contribution in [0.5, 0.6) is 5.75 Å². The molecule has 0 aliphatic carbocycles. The molecule has 2 heterocycles. The van der Waals surface area contributed by atoms with Crippen LogP contribution in [0.3, 0.4) is 0 Å². The summed E-state index contributed by atoms with van der Waals surface area (Å²) in [6, 6.07) is 10.2. The van der Waals surface area contributed by atoms with Gasteiger partial charge in [-0.2, -0.15) is 0 Å². The molecular formula is C28H27F3N2O3. The first-order chi connectivity index (χ1) is 17.4. The van der Waals surface area contributed by atoms with E-state index in [1.165, 1.54) is 6.07 Å². The Kier molecular flexibility index (Phi) is 8.11. The third-order valence-corrected chi connectivity index (χ3v) is 6.72. The third kappa shape index (κ3) is 5.97. The van der Waals surface area contributed by atoms with Crippen molar-refractivity contribution in [2.24, 2.45) is 11.8 Å². The summed E-state index contributed by atoms with van der Waals surface area (Å²) >= 11 is 0. The molecule has 5 nitrogen and oxygen atoms in total. The standard InChI is InChI=1S/C28H27F3N2O3/c1-36-21-7-9-27-23(16-21)22(10-12-32-27)25(30)8-5-18-11-14-33(17-24(18)28(34)35)13-2-3-19-4-6-20(29)15-26(19)31/h4,6-7,9-10,12,15-16,18,24-25H,5,8,11,13-14,17H2,1H3,(H,34,35)/t18-,24+,25-/m1/s1. The fraction of sp³-hybridized carbons (Fsp3) is 0.357. The molecule has 188 valence electrons. The molecule has 1 aliphatic rings. The van der Waals surface area contributed by atoms with Crippen LogP contribution < -0.4 is 4.74 Å². The van der Waals surface area contributed by atoms with Crippen molar-refractivity contribution in [3.05, 3.63) is 71.4 Å². The Morgan fingerprint density at radius 1 is 1.25 bits per heavy atom. The number of pyridine rings is 1. The van der Waals surface area contributed by atoms with Crippen LogP contribution >= 0.6 is 0 Å². The molecule has 4 rings (SSSR count). The molecule has 3 atom stereocenters. The van der Waals surface area contributed by atoms with Gasteiger partial charge in [0.25, 0.3) is 0 Å². The summed E-state index contributed by atoms with van der Waals surface area (Å²) in [6.07, 6.45) is 1.56. The Hall–Kier alpha value is -3.57. The number of hydrogen-bond acceptors (Lipinski definition) is 4. The Morgan fingerprint density at radius 3 is 2.83 bits per heavy atom. The normalized spacial score (nSPS) is 18.9. The van der Waals surface area contributed by atoms with Gasteiger partial charge in [0.15, 0.2) is 0 Å². The van der Waals surface area contributed by atoms with Gasteiger partial charge in [0, 0.05) is 24.2 Å². The number of piperidine rings is 1. The lowest BCUT2D eigenvalue weighted by Gasteiger charge is -2.35. The molecule has 1 aromatic heterocycles. The summed E-state index contributed by atoms with van der Waals surface area (Å²) < 4.78 is 47.4. The number of halogens is 3. The number of ether oxygens (including phenoxy) is 1. The number of likely N-dealkylation sites (tertiary alicyclic amines) is 1. The van der Waals surface area contributed by atoms with Gasteiger partial charge in [0.05, 0.1) is 30.7 Å². The van der Waals surface area contributed by atoms with Gasteiger partial charge in [0.1, 0.15) is 23.6 Å². The Labute approximate surface area is 207 Å². The van der Waals surface area contributed by atoms with Crippen LogP contribution in [-0.2, 0) is 4.79 Å². The minimum atomic E-state index is -1.26. The number of carboxylic acids is 1. The SMILES string of the molecule is COc1ccc2nccc([C@H](F)CC[C@@H]3CCN(CC#Cc4ccc(F)cc4F)C[C@@H]3C(=O)O)c2c1. The average molecular weight is 497 g/mol. The monoisotopic (exact) mass is 496 g/mol. The van der Waals surface area contributed by atoms with Crippen molar-refractivity contribution in [2.75, 3.05) is 26.7 Å². The lowest BCUT2D eigenvalue weighted by atomic mass is 9.81. The van der Waals surface area contributed by atoms with Crippen LogP contribution in [0.2, 0.25) is 0 Å². The number of rotatable bonds is 7. The summed E-state index contributed by atoms with van der Waals surface area (Å²) in [7, 11) is 1.55. The fourth-order valence-corrected chi connectivity index (χ4v) is 4.74. The van der Waals surface area contributed by atoms with E-state index in [4.69, 9.17) is 4.74 Å². The number of aliphatic carboxylic acids is 1. The predicted octanol–water partition coefficient (Wildman–Crippen LogP) is 5.39. The molecule has 3 aromatic rings. The zero-order valence-electron chi connectivity index (χ0n) is 19.9. The topological polar surface area (TPSA) is 62.7 Å². The molecule has 0 unspecified atom stereocenters. The average Bonchev–Trinajstić information content (AvgIpc) is 2.88. The number of nitrogens with zero attached hydrogens (tertiary/aromatic N) is 2. The van der Waals surface area contributed by atoms with E-state index in [0.29, 0.717) is 41.6 Å². The second-order valence-electron chi connectivity index (χ2n) is 8.98. The quantitative estimate of drug-likeness (QED) is 0.445. The van der Waals surface area contributed by atoms with Crippen LogP contribution in [0.4, 0.5) is 13.2 Å². The van der Waals surface area contributed by atoms with Crippen molar-refractivity contribution < 1.29 is 27.8 Å². The van der Waals surface area contributed by atoms with Crippen LogP contribution in [0.25, 0.3) is 10.9 Å². The summed E-state index contributed by atoms with van der Waals surface area (Å²) in [5, 5.41) is 10.5. The molecule has 1 saturated heterocycles. The zero-order chi connectivity index (χ0) is 25.7. The number of alkyl halides is 1. The second kappa shape index (κ2) is 11.4. The second-order valence-corrected chi connectivity index (χ2v) is 8.98. The first-order valence-electron chi connectivity index (χ1n) is 11.8. The summed E-state index contributed by atoms with van der Waals surface area (Å²) in [5.41, 5.74) is 1.29.